The zero-order chi connectivity index (χ0) is 17.6. The van der Waals surface area contributed by atoms with E-state index < -0.39 is 0 Å². The average molecular weight is 351 g/mol. The molecule has 0 aliphatic carbocycles. The van der Waals surface area contributed by atoms with Gasteiger partial charge in [-0.05, 0) is 6.92 Å². The van der Waals surface area contributed by atoms with Crippen molar-refractivity contribution in [1.82, 2.24) is 24.9 Å². The van der Waals surface area contributed by atoms with Crippen molar-refractivity contribution in [2.45, 2.75) is 33.0 Å². The maximum atomic E-state index is 12.1. The van der Waals surface area contributed by atoms with Gasteiger partial charge in [0.1, 0.15) is 0 Å². The zero-order valence-corrected chi connectivity index (χ0v) is 15.3. The van der Waals surface area contributed by atoms with Crippen molar-refractivity contribution in [2.24, 2.45) is 0 Å². The molecule has 8 heteroatoms. The van der Waals surface area contributed by atoms with E-state index >= 15 is 0 Å². The highest BCUT2D eigenvalue weighted by Gasteiger charge is 2.25. The van der Waals surface area contributed by atoms with Gasteiger partial charge in [-0.1, -0.05) is 0 Å². The van der Waals surface area contributed by atoms with Crippen LogP contribution in [0.4, 0.5) is 4.79 Å². The second-order valence-electron chi connectivity index (χ2n) is 6.48. The number of urea groups is 1. The molecule has 0 saturated carbocycles. The lowest BCUT2D eigenvalue weighted by Gasteiger charge is -2.34. The van der Waals surface area contributed by atoms with Gasteiger partial charge in [-0.2, -0.15) is 5.10 Å². The minimum atomic E-state index is -0.00209. The van der Waals surface area contributed by atoms with E-state index in [2.05, 4.69) is 21.8 Å². The van der Waals surface area contributed by atoms with Crippen molar-refractivity contribution in [3.63, 3.8) is 0 Å². The number of nitrogens with one attached hydrogen (secondary N) is 1. The number of piperazine rings is 1. The van der Waals surface area contributed by atoms with E-state index in [1.54, 1.807) is 7.11 Å². The summed E-state index contributed by atoms with van der Waals surface area (Å²) in [6.07, 6.45) is 0.950. The number of hydrogen-bond donors (Lipinski definition) is 1. The number of nitrogens with zero attached hydrogens (tertiary/aromatic N) is 4. The lowest BCUT2D eigenvalue weighted by molar-refractivity contribution is 0.106. The summed E-state index contributed by atoms with van der Waals surface area (Å²) in [5, 5.41) is 7.68. The quantitative estimate of drug-likeness (QED) is 0.754. The molecule has 3 heterocycles. The molecule has 1 fully saturated rings. The van der Waals surface area contributed by atoms with Crippen LogP contribution >= 0.6 is 0 Å². The highest BCUT2D eigenvalue weighted by Crippen LogP contribution is 2.22. The Labute approximate surface area is 149 Å². The van der Waals surface area contributed by atoms with Crippen molar-refractivity contribution in [1.29, 1.82) is 0 Å². The third kappa shape index (κ3) is 4.31. The van der Waals surface area contributed by atoms with Gasteiger partial charge in [0.15, 0.2) is 0 Å². The van der Waals surface area contributed by atoms with Gasteiger partial charge in [0, 0.05) is 70.6 Å². The minimum Gasteiger partial charge on any atom is -0.383 e. The van der Waals surface area contributed by atoms with Gasteiger partial charge in [-0.25, -0.2) is 4.79 Å². The lowest BCUT2D eigenvalue weighted by Crippen LogP contribution is -2.51. The Morgan fingerprint density at radius 2 is 2.12 bits per heavy atom. The van der Waals surface area contributed by atoms with Gasteiger partial charge < -0.3 is 19.7 Å². The number of carbonyl (C=O) groups is 1. The maximum absolute atomic E-state index is 12.1. The van der Waals surface area contributed by atoms with Gasteiger partial charge in [-0.3, -0.25) is 9.58 Å². The van der Waals surface area contributed by atoms with E-state index in [1.807, 2.05) is 4.90 Å². The fourth-order valence-corrected chi connectivity index (χ4v) is 3.46. The number of aromatic nitrogens is 2. The molecule has 1 aromatic rings. The number of amides is 2. The molecule has 3 rings (SSSR count). The second-order valence-corrected chi connectivity index (χ2v) is 6.48. The fraction of sp³-hybridized carbons (Fsp3) is 0.765. The molecule has 0 bridgehead atoms. The minimum absolute atomic E-state index is 0.00209. The second kappa shape index (κ2) is 8.64. The van der Waals surface area contributed by atoms with Crippen LogP contribution in [0, 0.1) is 0 Å². The van der Waals surface area contributed by atoms with Crippen LogP contribution in [-0.2, 0) is 35.6 Å². The van der Waals surface area contributed by atoms with Crippen LogP contribution < -0.4 is 5.32 Å². The average Bonchev–Trinajstić information content (AvgIpc) is 3.00. The molecule has 2 aliphatic rings. The van der Waals surface area contributed by atoms with Crippen molar-refractivity contribution >= 4 is 6.03 Å². The molecule has 140 valence electrons. The number of aryl methyl sites for hydroxylation is 1. The highest BCUT2D eigenvalue weighted by atomic mass is 16.5. The summed E-state index contributed by atoms with van der Waals surface area (Å²) < 4.78 is 12.7. The smallest absolute Gasteiger partial charge is 0.317 e. The largest absolute Gasteiger partial charge is 0.383 e. The summed E-state index contributed by atoms with van der Waals surface area (Å²) in [5.41, 5.74) is 3.74. The molecule has 2 amide bonds. The van der Waals surface area contributed by atoms with Crippen LogP contribution in [0.1, 0.15) is 23.9 Å². The molecule has 0 atom stereocenters. The van der Waals surface area contributed by atoms with E-state index in [0.29, 0.717) is 19.8 Å². The number of methoxy groups -OCH3 is 1. The van der Waals surface area contributed by atoms with Gasteiger partial charge in [0.2, 0.25) is 0 Å². The Bertz CT molecular complexity index is 581. The molecule has 0 spiro atoms. The third-order valence-corrected chi connectivity index (χ3v) is 4.89. The van der Waals surface area contributed by atoms with Gasteiger partial charge in [-0.15, -0.1) is 0 Å². The summed E-state index contributed by atoms with van der Waals surface area (Å²) >= 11 is 0. The Morgan fingerprint density at radius 1 is 1.32 bits per heavy atom. The first-order chi connectivity index (χ1) is 12.2. The molecular formula is C17H29N5O3. The van der Waals surface area contributed by atoms with Gasteiger partial charge in [0.05, 0.1) is 25.5 Å². The molecule has 0 unspecified atom stereocenters. The van der Waals surface area contributed by atoms with Gasteiger partial charge >= 0.3 is 6.03 Å². The SMILES string of the molecule is CCn1nc(CN2CCN(C(=O)NCCOC)CC2)c2c1CCOC2. The molecule has 0 radical (unpaired) electrons. The van der Waals surface area contributed by atoms with Crippen LogP contribution in [-0.4, -0.2) is 78.7 Å². The van der Waals surface area contributed by atoms with Crippen LogP contribution in [0.2, 0.25) is 0 Å². The van der Waals surface area contributed by atoms with E-state index in [0.717, 1.165) is 58.0 Å². The van der Waals surface area contributed by atoms with E-state index in [9.17, 15) is 4.79 Å². The first-order valence-electron chi connectivity index (χ1n) is 9.12. The molecule has 1 saturated heterocycles. The van der Waals surface area contributed by atoms with Crippen molar-refractivity contribution in [3.8, 4) is 0 Å². The van der Waals surface area contributed by atoms with Crippen molar-refractivity contribution in [2.75, 3.05) is 53.0 Å². The normalized spacial score (nSPS) is 18.2. The summed E-state index contributed by atoms with van der Waals surface area (Å²) in [5.74, 6) is 0. The predicted molar refractivity (Wildman–Crippen MR) is 93.4 cm³/mol. The fourth-order valence-electron chi connectivity index (χ4n) is 3.46. The summed E-state index contributed by atoms with van der Waals surface area (Å²) in [6.45, 7) is 9.64. The van der Waals surface area contributed by atoms with E-state index in [-0.39, 0.29) is 6.03 Å². The molecule has 25 heavy (non-hydrogen) atoms. The van der Waals surface area contributed by atoms with Crippen LogP contribution in [0.5, 0.6) is 0 Å². The predicted octanol–water partition coefficient (Wildman–Crippen LogP) is 0.449. The Balaban J connectivity index is 1.53. The van der Waals surface area contributed by atoms with E-state index in [1.165, 1.54) is 11.3 Å². The Morgan fingerprint density at radius 3 is 2.84 bits per heavy atom. The van der Waals surface area contributed by atoms with E-state index in [4.69, 9.17) is 14.6 Å². The topological polar surface area (TPSA) is 71.9 Å². The monoisotopic (exact) mass is 351 g/mol. The summed E-state index contributed by atoms with van der Waals surface area (Å²) in [4.78, 5) is 16.3. The molecule has 0 aromatic carbocycles. The van der Waals surface area contributed by atoms with Crippen LogP contribution in [0.15, 0.2) is 0 Å². The standard InChI is InChI=1S/C17H29N5O3/c1-3-22-16-4-10-25-13-14(16)15(19-22)12-20-6-8-21(9-7-20)17(23)18-5-11-24-2/h3-13H2,1-2H3,(H,18,23). The van der Waals surface area contributed by atoms with Crippen LogP contribution in [0.3, 0.4) is 0 Å². The lowest BCUT2D eigenvalue weighted by atomic mass is 10.1. The molecule has 2 aliphatic heterocycles. The van der Waals surface area contributed by atoms with Gasteiger partial charge in [0.25, 0.3) is 0 Å². The maximum Gasteiger partial charge on any atom is 0.317 e. The highest BCUT2D eigenvalue weighted by molar-refractivity contribution is 5.74. The molecule has 8 nitrogen and oxygen atoms in total. The number of rotatable bonds is 6. The Hall–Kier alpha value is -1.64. The molecular weight excluding hydrogens is 322 g/mol. The molecule has 1 aromatic heterocycles. The van der Waals surface area contributed by atoms with Crippen molar-refractivity contribution < 1.29 is 14.3 Å². The third-order valence-electron chi connectivity index (χ3n) is 4.89. The number of fused-ring (bicyclic) bond motifs is 1. The summed E-state index contributed by atoms with van der Waals surface area (Å²) in [7, 11) is 1.63. The first kappa shape index (κ1) is 18.2. The Kier molecular flexibility index (Phi) is 6.28. The number of ether oxygens (including phenoxy) is 2. The zero-order valence-electron chi connectivity index (χ0n) is 15.3. The molecule has 1 N–H and O–H groups in total. The first-order valence-corrected chi connectivity index (χ1v) is 9.12. The number of carbonyl (C=O) groups excluding carboxylic acids is 1. The number of hydrogen-bond acceptors (Lipinski definition) is 5. The van der Waals surface area contributed by atoms with Crippen LogP contribution in [0.25, 0.3) is 0 Å². The van der Waals surface area contributed by atoms with Crippen molar-refractivity contribution in [3.05, 3.63) is 17.0 Å². The summed E-state index contributed by atoms with van der Waals surface area (Å²) in [6, 6.07) is -0.00209.